The summed E-state index contributed by atoms with van der Waals surface area (Å²) in [5, 5.41) is 6.80. The molecule has 0 aliphatic carbocycles. The van der Waals surface area contributed by atoms with E-state index in [9.17, 15) is 0 Å². The van der Waals surface area contributed by atoms with Gasteiger partial charge in [-0.15, -0.1) is 0 Å². The van der Waals surface area contributed by atoms with Gasteiger partial charge in [0.15, 0.2) is 0 Å². The molecule has 0 unspecified atom stereocenters. The lowest BCUT2D eigenvalue weighted by molar-refractivity contribution is 0.152. The lowest BCUT2D eigenvalue weighted by atomic mass is 10.1. The molecule has 0 bridgehead atoms. The van der Waals surface area contributed by atoms with Gasteiger partial charge in [-0.2, -0.15) is 10.1 Å². The SMILES string of the molecule is Cn1cc2c(n1)c(Br)cc1nc(Cl)nc(N3CCCOCC3)c12. The highest BCUT2D eigenvalue weighted by Gasteiger charge is 2.20. The fraction of sp³-hybridized carbons (Fsp3) is 0.400. The molecule has 6 nitrogen and oxygen atoms in total. The van der Waals surface area contributed by atoms with Crippen molar-refractivity contribution in [3.8, 4) is 0 Å². The third kappa shape index (κ3) is 2.66. The van der Waals surface area contributed by atoms with Crippen molar-refractivity contribution >= 4 is 55.2 Å². The van der Waals surface area contributed by atoms with Crippen LogP contribution in [0.1, 0.15) is 6.42 Å². The van der Waals surface area contributed by atoms with E-state index in [1.165, 1.54) is 0 Å². The van der Waals surface area contributed by atoms with Crippen LogP contribution in [0.2, 0.25) is 5.28 Å². The number of hydrogen-bond donors (Lipinski definition) is 0. The molecule has 120 valence electrons. The van der Waals surface area contributed by atoms with Crippen molar-refractivity contribution in [3.63, 3.8) is 0 Å². The van der Waals surface area contributed by atoms with Gasteiger partial charge in [0, 0.05) is 42.8 Å². The van der Waals surface area contributed by atoms with E-state index in [-0.39, 0.29) is 5.28 Å². The van der Waals surface area contributed by atoms with E-state index in [2.05, 4.69) is 35.9 Å². The summed E-state index contributed by atoms with van der Waals surface area (Å²) in [6.45, 7) is 3.15. The zero-order valence-corrected chi connectivity index (χ0v) is 14.9. The van der Waals surface area contributed by atoms with Gasteiger partial charge in [-0.1, -0.05) is 0 Å². The first-order chi connectivity index (χ1) is 11.1. The summed E-state index contributed by atoms with van der Waals surface area (Å²) in [5.41, 5.74) is 1.72. The minimum Gasteiger partial charge on any atom is -0.380 e. The molecule has 0 radical (unpaired) electrons. The van der Waals surface area contributed by atoms with Crippen molar-refractivity contribution in [2.45, 2.75) is 6.42 Å². The topological polar surface area (TPSA) is 56.1 Å². The van der Waals surface area contributed by atoms with Gasteiger partial charge in [-0.3, -0.25) is 4.68 Å². The molecule has 3 aromatic rings. The number of aryl methyl sites for hydroxylation is 1. The fourth-order valence-corrected chi connectivity index (χ4v) is 3.70. The molecule has 0 spiro atoms. The van der Waals surface area contributed by atoms with E-state index < -0.39 is 0 Å². The van der Waals surface area contributed by atoms with Crippen LogP contribution < -0.4 is 4.90 Å². The second-order valence-corrected chi connectivity index (χ2v) is 6.78. The Labute approximate surface area is 146 Å². The summed E-state index contributed by atoms with van der Waals surface area (Å²) in [5.74, 6) is 0.857. The summed E-state index contributed by atoms with van der Waals surface area (Å²) in [4.78, 5) is 11.2. The molecule has 8 heteroatoms. The van der Waals surface area contributed by atoms with Crippen LogP contribution in [0, 0.1) is 0 Å². The Hall–Kier alpha value is -1.44. The maximum atomic E-state index is 6.18. The van der Waals surface area contributed by atoms with Gasteiger partial charge in [0.1, 0.15) is 11.3 Å². The van der Waals surface area contributed by atoms with Gasteiger partial charge in [0.05, 0.1) is 17.5 Å². The third-order valence-electron chi connectivity index (χ3n) is 4.00. The summed E-state index contributed by atoms with van der Waals surface area (Å²) in [6, 6.07) is 1.95. The fourth-order valence-electron chi connectivity index (χ4n) is 3.02. The Morgan fingerprint density at radius 3 is 3.00 bits per heavy atom. The number of benzene rings is 1. The molecular formula is C15H15BrClN5O. The Morgan fingerprint density at radius 2 is 2.13 bits per heavy atom. The van der Waals surface area contributed by atoms with Gasteiger partial charge in [-0.05, 0) is 40.0 Å². The Kier molecular flexibility index (Phi) is 3.87. The lowest BCUT2D eigenvalue weighted by Crippen LogP contribution is -2.27. The minimum absolute atomic E-state index is 0.257. The molecule has 23 heavy (non-hydrogen) atoms. The highest BCUT2D eigenvalue weighted by molar-refractivity contribution is 9.10. The molecule has 1 aromatic carbocycles. The molecule has 1 aliphatic heterocycles. The molecular weight excluding hydrogens is 382 g/mol. The molecule has 0 N–H and O–H groups in total. The number of nitrogens with zero attached hydrogens (tertiary/aromatic N) is 5. The van der Waals surface area contributed by atoms with Crippen molar-refractivity contribution in [1.82, 2.24) is 19.7 Å². The average molecular weight is 397 g/mol. The van der Waals surface area contributed by atoms with Gasteiger partial charge in [0.2, 0.25) is 5.28 Å². The quantitative estimate of drug-likeness (QED) is 0.591. The predicted octanol–water partition coefficient (Wildman–Crippen LogP) is 3.16. The normalized spacial score (nSPS) is 16.2. The predicted molar refractivity (Wildman–Crippen MR) is 94.2 cm³/mol. The van der Waals surface area contributed by atoms with E-state index in [0.29, 0.717) is 6.61 Å². The standard InChI is InChI=1S/C15H15BrClN5O/c1-21-8-9-12-11(7-10(16)13(9)20-21)18-15(17)19-14(12)22-3-2-5-23-6-4-22/h7-8H,2-6H2,1H3. The molecule has 3 heterocycles. The maximum Gasteiger partial charge on any atom is 0.224 e. The zero-order chi connectivity index (χ0) is 16.0. The second-order valence-electron chi connectivity index (χ2n) is 5.59. The van der Waals surface area contributed by atoms with Crippen molar-refractivity contribution in [1.29, 1.82) is 0 Å². The molecule has 1 aliphatic rings. The number of fused-ring (bicyclic) bond motifs is 3. The van der Waals surface area contributed by atoms with Crippen LogP contribution in [0.4, 0.5) is 5.82 Å². The van der Waals surface area contributed by atoms with Crippen LogP contribution in [0.15, 0.2) is 16.7 Å². The first-order valence-electron chi connectivity index (χ1n) is 7.45. The molecule has 1 fully saturated rings. The van der Waals surface area contributed by atoms with Crippen LogP contribution in [-0.4, -0.2) is 46.1 Å². The number of ether oxygens (including phenoxy) is 1. The highest BCUT2D eigenvalue weighted by atomic mass is 79.9. The van der Waals surface area contributed by atoms with Crippen molar-refractivity contribution in [3.05, 3.63) is 22.0 Å². The number of anilines is 1. The molecule has 0 amide bonds. The minimum atomic E-state index is 0.257. The van der Waals surface area contributed by atoms with Crippen LogP contribution in [-0.2, 0) is 11.8 Å². The van der Waals surface area contributed by atoms with Crippen LogP contribution in [0.5, 0.6) is 0 Å². The maximum absolute atomic E-state index is 6.18. The van der Waals surface area contributed by atoms with Crippen molar-refractivity contribution in [2.75, 3.05) is 31.2 Å². The highest BCUT2D eigenvalue weighted by Crippen LogP contribution is 2.36. The van der Waals surface area contributed by atoms with Crippen LogP contribution in [0.25, 0.3) is 21.8 Å². The van der Waals surface area contributed by atoms with Gasteiger partial charge in [-0.25, -0.2) is 4.98 Å². The second kappa shape index (κ2) is 5.89. The van der Waals surface area contributed by atoms with Gasteiger partial charge in [0.25, 0.3) is 0 Å². The summed E-state index contributed by atoms with van der Waals surface area (Å²) in [6.07, 6.45) is 2.97. The summed E-state index contributed by atoms with van der Waals surface area (Å²) < 4.78 is 8.26. The monoisotopic (exact) mass is 395 g/mol. The first kappa shape index (κ1) is 15.1. The van der Waals surface area contributed by atoms with E-state index in [1.54, 1.807) is 4.68 Å². The molecule has 0 atom stereocenters. The third-order valence-corrected chi connectivity index (χ3v) is 4.77. The van der Waals surface area contributed by atoms with Gasteiger partial charge >= 0.3 is 0 Å². The van der Waals surface area contributed by atoms with E-state index >= 15 is 0 Å². The summed E-state index contributed by atoms with van der Waals surface area (Å²) in [7, 11) is 1.91. The Morgan fingerprint density at radius 1 is 1.26 bits per heavy atom. The smallest absolute Gasteiger partial charge is 0.224 e. The van der Waals surface area contributed by atoms with Crippen LogP contribution >= 0.6 is 27.5 Å². The number of halogens is 2. The number of aromatic nitrogens is 4. The van der Waals surface area contributed by atoms with E-state index in [4.69, 9.17) is 16.3 Å². The van der Waals surface area contributed by atoms with Crippen molar-refractivity contribution < 1.29 is 4.74 Å². The first-order valence-corrected chi connectivity index (χ1v) is 8.62. The number of hydrogen-bond acceptors (Lipinski definition) is 5. The Bertz CT molecular complexity index is 889. The molecule has 4 rings (SSSR count). The molecule has 1 saturated heterocycles. The van der Waals surface area contributed by atoms with E-state index in [0.717, 1.165) is 58.2 Å². The van der Waals surface area contributed by atoms with Crippen LogP contribution in [0.3, 0.4) is 0 Å². The average Bonchev–Trinajstić information content (AvgIpc) is 2.72. The Balaban J connectivity index is 2.03. The van der Waals surface area contributed by atoms with E-state index in [1.807, 2.05) is 19.3 Å². The largest absolute Gasteiger partial charge is 0.380 e. The molecule has 0 saturated carbocycles. The molecule has 2 aromatic heterocycles. The van der Waals surface area contributed by atoms with Gasteiger partial charge < -0.3 is 9.64 Å². The number of rotatable bonds is 1. The lowest BCUT2D eigenvalue weighted by Gasteiger charge is -2.22. The summed E-state index contributed by atoms with van der Waals surface area (Å²) >= 11 is 9.75. The van der Waals surface area contributed by atoms with Crippen molar-refractivity contribution in [2.24, 2.45) is 7.05 Å². The zero-order valence-electron chi connectivity index (χ0n) is 12.6.